The first kappa shape index (κ1) is 12.7. The summed E-state index contributed by atoms with van der Waals surface area (Å²) in [6.45, 7) is 0. The molecule has 3 rings (SSSR count). The van der Waals surface area contributed by atoms with E-state index in [1.54, 1.807) is 30.3 Å². The summed E-state index contributed by atoms with van der Waals surface area (Å²) in [5, 5.41) is 0. The van der Waals surface area contributed by atoms with Gasteiger partial charge in [0.2, 0.25) is 0 Å². The first-order chi connectivity index (χ1) is 9.47. The number of aromatic nitrogens is 2. The molecule has 0 bridgehead atoms. The van der Waals surface area contributed by atoms with E-state index in [2.05, 4.69) is 4.98 Å². The van der Waals surface area contributed by atoms with E-state index < -0.39 is 17.6 Å². The quantitative estimate of drug-likeness (QED) is 0.611. The van der Waals surface area contributed by atoms with Crippen molar-refractivity contribution in [3.05, 3.63) is 60.2 Å². The van der Waals surface area contributed by atoms with Gasteiger partial charge in [0.1, 0.15) is 17.7 Å². The van der Waals surface area contributed by atoms with E-state index in [0.717, 1.165) is 6.07 Å². The molecular weight excluding hydrogens is 272 g/mol. The number of fused-ring (bicyclic) bond motifs is 1. The number of rotatable bonds is 1. The molecule has 102 valence electrons. The van der Waals surface area contributed by atoms with Crippen LogP contribution in [0, 0.1) is 5.82 Å². The molecule has 0 aliphatic heterocycles. The first-order valence-corrected chi connectivity index (χ1v) is 5.76. The molecule has 0 atom stereocenters. The van der Waals surface area contributed by atoms with Crippen LogP contribution in [-0.2, 0) is 6.18 Å². The fourth-order valence-corrected chi connectivity index (χ4v) is 2.05. The number of hydrogen-bond acceptors (Lipinski definition) is 1. The Morgan fingerprint density at radius 1 is 1.00 bits per heavy atom. The first-order valence-electron chi connectivity index (χ1n) is 5.76. The molecule has 3 aromatic rings. The van der Waals surface area contributed by atoms with E-state index in [9.17, 15) is 17.6 Å². The highest BCUT2D eigenvalue weighted by Gasteiger charge is 2.32. The van der Waals surface area contributed by atoms with Crippen molar-refractivity contribution in [3.63, 3.8) is 0 Å². The highest BCUT2D eigenvalue weighted by molar-refractivity contribution is 5.79. The number of alkyl halides is 3. The minimum absolute atomic E-state index is 0.0267. The minimum atomic E-state index is -4.59. The third kappa shape index (κ3) is 2.03. The van der Waals surface area contributed by atoms with Gasteiger partial charge in [-0.15, -0.1) is 0 Å². The smallest absolute Gasteiger partial charge is 0.296 e. The van der Waals surface area contributed by atoms with E-state index in [4.69, 9.17) is 0 Å². The number of halogens is 4. The lowest BCUT2D eigenvalue weighted by atomic mass is 10.2. The topological polar surface area (TPSA) is 17.8 Å². The van der Waals surface area contributed by atoms with Crippen molar-refractivity contribution < 1.29 is 17.6 Å². The molecule has 0 spiro atoms. The molecule has 20 heavy (non-hydrogen) atoms. The van der Waals surface area contributed by atoms with Gasteiger partial charge < -0.3 is 0 Å². The monoisotopic (exact) mass is 280 g/mol. The molecule has 2 nitrogen and oxygen atoms in total. The van der Waals surface area contributed by atoms with Crippen LogP contribution >= 0.6 is 0 Å². The second-order valence-corrected chi connectivity index (χ2v) is 4.27. The molecule has 0 radical (unpaired) electrons. The molecule has 0 fully saturated rings. The van der Waals surface area contributed by atoms with Gasteiger partial charge in [-0.2, -0.15) is 13.2 Å². The van der Waals surface area contributed by atoms with Crippen LogP contribution in [0.1, 0.15) is 5.56 Å². The van der Waals surface area contributed by atoms with Gasteiger partial charge in [0.05, 0.1) is 11.1 Å². The molecule has 0 aliphatic carbocycles. The maximum Gasteiger partial charge on any atom is 0.416 e. The Morgan fingerprint density at radius 3 is 2.35 bits per heavy atom. The number of benzene rings is 2. The van der Waals surface area contributed by atoms with Crippen molar-refractivity contribution in [3.8, 4) is 5.69 Å². The van der Waals surface area contributed by atoms with Gasteiger partial charge in [-0.3, -0.25) is 4.57 Å². The van der Waals surface area contributed by atoms with Gasteiger partial charge in [0.25, 0.3) is 0 Å². The SMILES string of the molecule is Fc1cc(C(F)(F)F)cc2ncn(-c3ccccc3)c12. The lowest BCUT2D eigenvalue weighted by Crippen LogP contribution is -2.06. The Hall–Kier alpha value is -2.37. The van der Waals surface area contributed by atoms with E-state index >= 15 is 0 Å². The molecule has 0 saturated carbocycles. The minimum Gasteiger partial charge on any atom is -0.296 e. The Bertz CT molecular complexity index is 760. The lowest BCUT2D eigenvalue weighted by Gasteiger charge is -2.08. The average Bonchev–Trinajstić information content (AvgIpc) is 2.83. The van der Waals surface area contributed by atoms with E-state index in [1.165, 1.54) is 10.9 Å². The third-order valence-corrected chi connectivity index (χ3v) is 2.96. The normalized spacial score (nSPS) is 12.0. The summed E-state index contributed by atoms with van der Waals surface area (Å²) in [5.41, 5.74) is -0.403. The lowest BCUT2D eigenvalue weighted by molar-refractivity contribution is -0.137. The zero-order valence-corrected chi connectivity index (χ0v) is 10.0. The van der Waals surface area contributed by atoms with E-state index in [0.29, 0.717) is 11.8 Å². The van der Waals surface area contributed by atoms with Crippen molar-refractivity contribution in [1.82, 2.24) is 9.55 Å². The van der Waals surface area contributed by atoms with Crippen molar-refractivity contribution >= 4 is 11.0 Å². The zero-order valence-electron chi connectivity index (χ0n) is 10.0. The molecule has 0 aliphatic rings. The maximum absolute atomic E-state index is 14.0. The standard InChI is InChI=1S/C14H8F4N2/c15-11-6-9(14(16,17)18)7-12-13(11)20(8-19-12)10-4-2-1-3-5-10/h1-8H. The fourth-order valence-electron chi connectivity index (χ4n) is 2.05. The van der Waals surface area contributed by atoms with Crippen molar-refractivity contribution in [2.24, 2.45) is 0 Å². The number of para-hydroxylation sites is 1. The second kappa shape index (κ2) is 4.33. The summed E-state index contributed by atoms with van der Waals surface area (Å²) in [5.74, 6) is -0.948. The summed E-state index contributed by atoms with van der Waals surface area (Å²) in [4.78, 5) is 3.85. The average molecular weight is 280 g/mol. The molecule has 0 unspecified atom stereocenters. The molecule has 2 aromatic carbocycles. The maximum atomic E-state index is 14.0. The Balaban J connectivity index is 2.24. The molecule has 1 heterocycles. The summed E-state index contributed by atoms with van der Waals surface area (Å²) >= 11 is 0. The van der Waals surface area contributed by atoms with Crippen LogP contribution in [0.3, 0.4) is 0 Å². The second-order valence-electron chi connectivity index (χ2n) is 4.27. The Morgan fingerprint density at radius 2 is 1.70 bits per heavy atom. The van der Waals surface area contributed by atoms with Crippen LogP contribution in [0.5, 0.6) is 0 Å². The van der Waals surface area contributed by atoms with Crippen LogP contribution < -0.4 is 0 Å². The van der Waals surface area contributed by atoms with Gasteiger partial charge in [-0.1, -0.05) is 18.2 Å². The van der Waals surface area contributed by atoms with Gasteiger partial charge in [0, 0.05) is 5.69 Å². The van der Waals surface area contributed by atoms with Crippen molar-refractivity contribution in [2.75, 3.05) is 0 Å². The van der Waals surface area contributed by atoms with Gasteiger partial charge in [0.15, 0.2) is 0 Å². The van der Waals surface area contributed by atoms with E-state index in [1.807, 2.05) is 0 Å². The molecule has 6 heteroatoms. The molecule has 1 aromatic heterocycles. The third-order valence-electron chi connectivity index (χ3n) is 2.96. The highest BCUT2D eigenvalue weighted by atomic mass is 19.4. The molecule has 0 amide bonds. The molecular formula is C14H8F4N2. The molecule has 0 N–H and O–H groups in total. The Labute approximate surface area is 111 Å². The Kier molecular flexibility index (Phi) is 2.74. The van der Waals surface area contributed by atoms with Crippen LogP contribution in [0.25, 0.3) is 16.7 Å². The van der Waals surface area contributed by atoms with Gasteiger partial charge >= 0.3 is 6.18 Å². The van der Waals surface area contributed by atoms with Crippen LogP contribution in [-0.4, -0.2) is 9.55 Å². The zero-order chi connectivity index (χ0) is 14.3. The number of nitrogens with zero attached hydrogens (tertiary/aromatic N) is 2. The largest absolute Gasteiger partial charge is 0.416 e. The highest BCUT2D eigenvalue weighted by Crippen LogP contribution is 2.33. The fraction of sp³-hybridized carbons (Fsp3) is 0.0714. The van der Waals surface area contributed by atoms with Crippen molar-refractivity contribution in [1.29, 1.82) is 0 Å². The van der Waals surface area contributed by atoms with Gasteiger partial charge in [-0.25, -0.2) is 9.37 Å². The van der Waals surface area contributed by atoms with Gasteiger partial charge in [-0.05, 0) is 24.3 Å². The predicted octanol–water partition coefficient (Wildman–Crippen LogP) is 4.18. The van der Waals surface area contributed by atoms with Crippen LogP contribution in [0.2, 0.25) is 0 Å². The van der Waals surface area contributed by atoms with Crippen LogP contribution in [0.4, 0.5) is 17.6 Å². The molecule has 0 saturated heterocycles. The summed E-state index contributed by atoms with van der Waals surface area (Å²) in [6, 6.07) is 10.1. The van der Waals surface area contributed by atoms with Crippen LogP contribution in [0.15, 0.2) is 48.8 Å². The summed E-state index contributed by atoms with van der Waals surface area (Å²) in [6.07, 6.45) is -3.28. The summed E-state index contributed by atoms with van der Waals surface area (Å²) in [7, 11) is 0. The van der Waals surface area contributed by atoms with E-state index in [-0.39, 0.29) is 11.0 Å². The van der Waals surface area contributed by atoms with Crippen molar-refractivity contribution in [2.45, 2.75) is 6.18 Å². The summed E-state index contributed by atoms with van der Waals surface area (Å²) < 4.78 is 53.3. The predicted molar refractivity (Wildman–Crippen MR) is 66.0 cm³/mol. The number of hydrogen-bond donors (Lipinski definition) is 0. The number of imidazole rings is 1.